The van der Waals surface area contributed by atoms with E-state index in [2.05, 4.69) is 44.0 Å². The standard InChI is InChI=1S/C27H34N4O3/c1-30-16-13-28-26(30)20-31-15-7-8-17-33-18-14-29-27(32)24-11-5-6-12-25(24)34-21-23(31)19-22-9-3-2-4-10-22/h2-6,9-13,16,23H,7-8,14-15,17-21H2,1H3,(H,29,32)/t23-/m0/s1. The number of aryl methyl sites for hydroxylation is 1. The molecule has 34 heavy (non-hydrogen) atoms. The van der Waals surface area contributed by atoms with Crippen molar-refractivity contribution in [1.82, 2.24) is 19.8 Å². The molecule has 1 aliphatic rings. The van der Waals surface area contributed by atoms with E-state index in [4.69, 9.17) is 9.47 Å². The van der Waals surface area contributed by atoms with Crippen LogP contribution >= 0.6 is 0 Å². The molecule has 1 atom stereocenters. The molecule has 4 rings (SSSR count). The first-order valence-corrected chi connectivity index (χ1v) is 12.0. The van der Waals surface area contributed by atoms with Crippen LogP contribution in [0, 0.1) is 0 Å². The molecular formula is C27H34N4O3. The van der Waals surface area contributed by atoms with E-state index in [0.717, 1.165) is 38.2 Å². The fourth-order valence-electron chi connectivity index (χ4n) is 4.22. The van der Waals surface area contributed by atoms with Crippen molar-refractivity contribution >= 4 is 5.91 Å². The summed E-state index contributed by atoms with van der Waals surface area (Å²) in [5.41, 5.74) is 1.81. The van der Waals surface area contributed by atoms with Gasteiger partial charge in [-0.3, -0.25) is 9.69 Å². The summed E-state index contributed by atoms with van der Waals surface area (Å²) in [4.78, 5) is 19.8. The number of benzene rings is 2. The van der Waals surface area contributed by atoms with E-state index < -0.39 is 0 Å². The molecule has 7 nitrogen and oxygen atoms in total. The molecule has 3 aromatic rings. The number of para-hydroxylation sites is 1. The third kappa shape index (κ3) is 6.68. The average molecular weight is 463 g/mol. The molecule has 7 heteroatoms. The zero-order valence-electron chi connectivity index (χ0n) is 19.9. The fourth-order valence-corrected chi connectivity index (χ4v) is 4.22. The van der Waals surface area contributed by atoms with E-state index in [0.29, 0.717) is 37.7 Å². The van der Waals surface area contributed by atoms with Gasteiger partial charge in [0.2, 0.25) is 0 Å². The number of nitrogens with one attached hydrogen (secondary N) is 1. The van der Waals surface area contributed by atoms with Crippen molar-refractivity contribution in [2.75, 3.05) is 32.9 Å². The molecule has 0 radical (unpaired) electrons. The number of hydrogen-bond donors (Lipinski definition) is 1. The minimum absolute atomic E-state index is 0.112. The summed E-state index contributed by atoms with van der Waals surface area (Å²) >= 11 is 0. The van der Waals surface area contributed by atoms with E-state index >= 15 is 0 Å². The summed E-state index contributed by atoms with van der Waals surface area (Å²) in [6.45, 7) is 3.78. The number of fused-ring (bicyclic) bond motifs is 1. The molecule has 0 aliphatic carbocycles. The highest BCUT2D eigenvalue weighted by atomic mass is 16.5. The molecule has 2 heterocycles. The number of rotatable bonds is 4. The van der Waals surface area contributed by atoms with Gasteiger partial charge < -0.3 is 19.4 Å². The molecule has 2 aromatic carbocycles. The minimum Gasteiger partial charge on any atom is -0.491 e. The second kappa shape index (κ2) is 12.3. The van der Waals surface area contributed by atoms with Crippen molar-refractivity contribution < 1.29 is 14.3 Å². The topological polar surface area (TPSA) is 68.6 Å². The number of imidazole rings is 1. The zero-order valence-corrected chi connectivity index (χ0v) is 19.9. The van der Waals surface area contributed by atoms with Gasteiger partial charge in [0.25, 0.3) is 5.91 Å². The first-order valence-electron chi connectivity index (χ1n) is 12.0. The van der Waals surface area contributed by atoms with Crippen molar-refractivity contribution in [2.45, 2.75) is 31.8 Å². The van der Waals surface area contributed by atoms with Crippen LogP contribution in [0.4, 0.5) is 0 Å². The molecule has 180 valence electrons. The molecule has 0 saturated carbocycles. The van der Waals surface area contributed by atoms with E-state index in [9.17, 15) is 4.79 Å². The first-order chi connectivity index (χ1) is 16.7. The van der Waals surface area contributed by atoms with Crippen molar-refractivity contribution in [2.24, 2.45) is 7.05 Å². The maximum absolute atomic E-state index is 12.8. The van der Waals surface area contributed by atoms with Gasteiger partial charge in [-0.25, -0.2) is 4.98 Å². The molecule has 0 saturated heterocycles. The lowest BCUT2D eigenvalue weighted by Crippen LogP contribution is -2.42. The second-order valence-corrected chi connectivity index (χ2v) is 8.65. The molecule has 1 aliphatic heterocycles. The first kappa shape index (κ1) is 24.0. The third-order valence-corrected chi connectivity index (χ3v) is 6.17. The predicted octanol–water partition coefficient (Wildman–Crippen LogP) is 3.45. The Labute approximate surface area is 201 Å². The Hall–Kier alpha value is -3.16. The molecule has 0 unspecified atom stereocenters. The second-order valence-electron chi connectivity index (χ2n) is 8.65. The molecule has 1 aromatic heterocycles. The maximum atomic E-state index is 12.8. The molecule has 0 fully saturated rings. The Morgan fingerprint density at radius 3 is 2.71 bits per heavy atom. The Morgan fingerprint density at radius 2 is 1.88 bits per heavy atom. The average Bonchev–Trinajstić information content (AvgIpc) is 3.26. The number of nitrogens with zero attached hydrogens (tertiary/aromatic N) is 3. The highest BCUT2D eigenvalue weighted by Crippen LogP contribution is 2.21. The van der Waals surface area contributed by atoms with E-state index in [1.807, 2.05) is 49.8 Å². The van der Waals surface area contributed by atoms with Crippen molar-refractivity contribution in [3.63, 3.8) is 0 Å². The predicted molar refractivity (Wildman–Crippen MR) is 132 cm³/mol. The van der Waals surface area contributed by atoms with E-state index in [-0.39, 0.29) is 11.9 Å². The van der Waals surface area contributed by atoms with Crippen molar-refractivity contribution in [1.29, 1.82) is 0 Å². The SMILES string of the molecule is Cn1ccnc1CN1CCCCOCCNC(=O)c2ccccc2OC[C@@H]1Cc1ccccc1. The normalized spacial score (nSPS) is 18.7. The van der Waals surface area contributed by atoms with Gasteiger partial charge in [0.15, 0.2) is 0 Å². The van der Waals surface area contributed by atoms with Crippen LogP contribution in [0.15, 0.2) is 67.0 Å². The lowest BCUT2D eigenvalue weighted by atomic mass is 10.0. The van der Waals surface area contributed by atoms with Gasteiger partial charge in [0.1, 0.15) is 18.2 Å². The number of carbonyl (C=O) groups excluding carboxylic acids is 1. The van der Waals surface area contributed by atoms with Crippen LogP contribution in [-0.2, 0) is 24.8 Å². The summed E-state index contributed by atoms with van der Waals surface area (Å²) in [7, 11) is 2.03. The van der Waals surface area contributed by atoms with Crippen LogP contribution in [0.2, 0.25) is 0 Å². The quantitative estimate of drug-likeness (QED) is 0.643. The summed E-state index contributed by atoms with van der Waals surface area (Å²) in [5, 5.41) is 2.94. The molecule has 1 N–H and O–H groups in total. The van der Waals surface area contributed by atoms with Gasteiger partial charge in [-0.05, 0) is 43.5 Å². The van der Waals surface area contributed by atoms with Gasteiger partial charge in [0, 0.05) is 38.6 Å². The molecular weight excluding hydrogens is 428 g/mol. The van der Waals surface area contributed by atoms with Crippen molar-refractivity contribution in [3.8, 4) is 5.75 Å². The van der Waals surface area contributed by atoms with Crippen LogP contribution < -0.4 is 10.1 Å². The fraction of sp³-hybridized carbons (Fsp3) is 0.407. The zero-order chi connectivity index (χ0) is 23.6. The summed E-state index contributed by atoms with van der Waals surface area (Å²) in [5.74, 6) is 1.48. The Bertz CT molecular complexity index is 1040. The van der Waals surface area contributed by atoms with Crippen molar-refractivity contribution in [3.05, 3.63) is 83.9 Å². The summed E-state index contributed by atoms with van der Waals surface area (Å²) in [6, 6.07) is 18.0. The van der Waals surface area contributed by atoms with Gasteiger partial charge in [-0.1, -0.05) is 42.5 Å². The Kier molecular flexibility index (Phi) is 8.71. The number of aromatic nitrogens is 2. The van der Waals surface area contributed by atoms with Gasteiger partial charge in [-0.15, -0.1) is 0 Å². The lowest BCUT2D eigenvalue weighted by molar-refractivity contribution is 0.0908. The van der Waals surface area contributed by atoms with Gasteiger partial charge in [-0.2, -0.15) is 0 Å². The van der Waals surface area contributed by atoms with Gasteiger partial charge >= 0.3 is 0 Å². The Balaban J connectivity index is 1.61. The van der Waals surface area contributed by atoms with E-state index in [1.165, 1.54) is 5.56 Å². The molecule has 0 spiro atoms. The van der Waals surface area contributed by atoms with Crippen LogP contribution in [0.5, 0.6) is 5.75 Å². The monoisotopic (exact) mass is 462 g/mol. The van der Waals surface area contributed by atoms with Crippen LogP contribution in [0.1, 0.15) is 34.6 Å². The van der Waals surface area contributed by atoms with Gasteiger partial charge in [0.05, 0.1) is 18.7 Å². The largest absolute Gasteiger partial charge is 0.491 e. The number of hydrogen-bond acceptors (Lipinski definition) is 5. The lowest BCUT2D eigenvalue weighted by Gasteiger charge is -2.32. The summed E-state index contributed by atoms with van der Waals surface area (Å²) in [6.07, 6.45) is 6.64. The maximum Gasteiger partial charge on any atom is 0.255 e. The minimum atomic E-state index is -0.140. The number of carbonyl (C=O) groups is 1. The number of ether oxygens (including phenoxy) is 2. The highest BCUT2D eigenvalue weighted by molar-refractivity contribution is 5.96. The highest BCUT2D eigenvalue weighted by Gasteiger charge is 2.23. The molecule has 0 bridgehead atoms. The van der Waals surface area contributed by atoms with E-state index in [1.54, 1.807) is 0 Å². The van der Waals surface area contributed by atoms with Crippen LogP contribution in [0.25, 0.3) is 0 Å². The molecule has 1 amide bonds. The smallest absolute Gasteiger partial charge is 0.255 e. The van der Waals surface area contributed by atoms with Crippen LogP contribution in [0.3, 0.4) is 0 Å². The summed E-state index contributed by atoms with van der Waals surface area (Å²) < 4.78 is 14.2. The third-order valence-electron chi connectivity index (χ3n) is 6.17. The Morgan fingerprint density at radius 1 is 1.06 bits per heavy atom. The van der Waals surface area contributed by atoms with Crippen LogP contribution in [-0.4, -0.2) is 59.3 Å². The number of amides is 1.